The van der Waals surface area contributed by atoms with Crippen LogP contribution in [0.15, 0.2) is 66.2 Å². The summed E-state index contributed by atoms with van der Waals surface area (Å²) in [6.45, 7) is 6.88. The van der Waals surface area contributed by atoms with Crippen molar-refractivity contribution in [2.75, 3.05) is 66.7 Å². The molecular weight excluding hydrogens is 1070 g/mol. The molecule has 0 spiro atoms. The van der Waals surface area contributed by atoms with Crippen molar-refractivity contribution < 1.29 is 67.5 Å². The molecule has 7 rings (SSSR count). The highest BCUT2D eigenvalue weighted by atomic mass is 32.1. The van der Waals surface area contributed by atoms with E-state index < -0.39 is 88.0 Å². The van der Waals surface area contributed by atoms with Crippen LogP contribution >= 0.6 is 11.3 Å². The molecule has 24 heteroatoms. The number of phenols is 1. The van der Waals surface area contributed by atoms with Crippen molar-refractivity contribution >= 4 is 64.2 Å². The van der Waals surface area contributed by atoms with E-state index in [1.165, 1.54) is 53.4 Å². The monoisotopic (exact) mass is 1140 g/mol. The molecule has 4 aromatic rings. The number of carbonyl (C=O) groups excluding carboxylic acids is 7. The lowest BCUT2D eigenvalue weighted by atomic mass is 9.79. The lowest BCUT2D eigenvalue weighted by Crippen LogP contribution is -2.52. The van der Waals surface area contributed by atoms with Crippen LogP contribution in [0.3, 0.4) is 0 Å². The summed E-state index contributed by atoms with van der Waals surface area (Å²) in [6, 6.07) is 13.0. The highest BCUT2D eigenvalue weighted by Gasteiger charge is 2.51. The third-order valence-electron chi connectivity index (χ3n) is 14.1. The van der Waals surface area contributed by atoms with E-state index in [9.17, 15) is 53.3 Å². The molecule has 1 saturated carbocycles. The van der Waals surface area contributed by atoms with Gasteiger partial charge in [0, 0.05) is 70.4 Å². The van der Waals surface area contributed by atoms with Gasteiger partial charge in [-0.2, -0.15) is 0 Å². The lowest BCUT2D eigenvalue weighted by Gasteiger charge is -2.35. The van der Waals surface area contributed by atoms with Gasteiger partial charge in [-0.25, -0.2) is 9.37 Å². The lowest BCUT2D eigenvalue weighted by molar-refractivity contribution is -0.145. The first kappa shape index (κ1) is 60.7. The number of fused-ring (bicyclic) bond motifs is 1. The van der Waals surface area contributed by atoms with Crippen molar-refractivity contribution in [1.29, 1.82) is 5.41 Å². The molecule has 81 heavy (non-hydrogen) atoms. The Morgan fingerprint density at radius 3 is 2.30 bits per heavy atom. The SMILES string of the molecule is Cc1ncsc1-c1ccc(CNC(=O)[C@@H]2C[C@@H](O)CN2C(=O)C(CNC(=O)C2(F)CC2)C(C)(C)C)c(OCC(=O)NCCOCCNC(=O)COc2ccc3c(c2)C(NC(=O)C(=N)/C=C(\O)c2ccc(C(=O)N(C)C)c(O)c2)CC3)c1. The quantitative estimate of drug-likeness (QED) is 0.0259. The number of hydrogen-bond donors (Lipinski definition) is 9. The number of aromatic hydroxyl groups is 1. The number of thiazole rings is 1. The van der Waals surface area contributed by atoms with E-state index in [1.807, 2.05) is 39.8 Å². The van der Waals surface area contributed by atoms with Gasteiger partial charge in [-0.05, 0) is 85.0 Å². The maximum Gasteiger partial charge on any atom is 0.269 e. The second-order valence-corrected chi connectivity index (χ2v) is 22.3. The standard InChI is InChI=1S/C57H70FN9O13S/c1-32-50(81-31-64-32)35-7-8-36(26-62-52(74)44-23-37(68)28-67(44)54(76)41(56(2,3)4)27-63-55(77)57(58)15-16-57)47(22-35)80-30-49(72)61-18-20-78-19-17-60-48(71)29-79-38-12-9-33-11-14-43(40(33)24-38)65-51(73)42(59)25-45(69)34-10-13-39(46(70)21-34)53(75)66(5)6/h7-10,12-13,21-22,24-25,31,37,41,43-44,59,68-70H,11,14-20,23,26-30H2,1-6H3,(H,60,71)(H,61,72)(H,62,74)(H,63,77)(H,65,73)/b45-25-,59-42?/t37-,41?,43?,44+/m1/s1. The van der Waals surface area contributed by atoms with Crippen molar-refractivity contribution in [2.24, 2.45) is 11.3 Å². The van der Waals surface area contributed by atoms with Gasteiger partial charge in [-0.15, -0.1) is 11.3 Å². The van der Waals surface area contributed by atoms with Crippen molar-refractivity contribution in [3.63, 3.8) is 0 Å². The van der Waals surface area contributed by atoms with Gasteiger partial charge in [0.25, 0.3) is 29.5 Å². The van der Waals surface area contributed by atoms with E-state index in [-0.39, 0.29) is 95.3 Å². The molecule has 7 amide bonds. The summed E-state index contributed by atoms with van der Waals surface area (Å²) in [5.41, 5.74) is 2.54. The van der Waals surface area contributed by atoms with E-state index in [2.05, 4.69) is 31.6 Å². The Hall–Kier alpha value is -7.96. The molecule has 1 aromatic heterocycles. The molecule has 4 atom stereocenters. The number of halogens is 1. The third kappa shape index (κ3) is 15.9. The maximum atomic E-state index is 14.4. The van der Waals surface area contributed by atoms with E-state index >= 15 is 0 Å². The smallest absolute Gasteiger partial charge is 0.269 e. The largest absolute Gasteiger partial charge is 0.507 e. The minimum atomic E-state index is -1.92. The molecule has 1 saturated heterocycles. The predicted octanol–water partition coefficient (Wildman–Crippen LogP) is 3.81. The molecule has 1 aliphatic heterocycles. The van der Waals surface area contributed by atoms with Crippen molar-refractivity contribution in [2.45, 2.75) is 90.2 Å². The van der Waals surface area contributed by atoms with Crippen LogP contribution in [0.2, 0.25) is 0 Å². The first-order valence-electron chi connectivity index (χ1n) is 26.5. The average molecular weight is 1140 g/mol. The van der Waals surface area contributed by atoms with Crippen LogP contribution in [0.25, 0.3) is 16.2 Å². The van der Waals surface area contributed by atoms with Gasteiger partial charge in [-0.3, -0.25) is 39.0 Å². The topological polar surface area (TPSA) is 311 Å². The first-order chi connectivity index (χ1) is 38.4. The van der Waals surface area contributed by atoms with Gasteiger partial charge in [0.15, 0.2) is 18.9 Å². The summed E-state index contributed by atoms with van der Waals surface area (Å²) in [6.07, 6.45) is 1.42. The van der Waals surface area contributed by atoms with Crippen LogP contribution in [0.4, 0.5) is 4.39 Å². The van der Waals surface area contributed by atoms with Gasteiger partial charge in [-0.1, -0.05) is 45.0 Å². The minimum Gasteiger partial charge on any atom is -0.507 e. The number of rotatable bonds is 25. The Morgan fingerprint density at radius 2 is 1.65 bits per heavy atom. The normalized spacial score (nSPS) is 17.5. The average Bonchev–Trinajstić information content (AvgIpc) is 3.67. The number of nitrogens with one attached hydrogen (secondary N) is 6. The molecule has 22 nitrogen and oxygen atoms in total. The second kappa shape index (κ2) is 26.5. The molecule has 2 unspecified atom stereocenters. The number of aromatic nitrogens is 1. The summed E-state index contributed by atoms with van der Waals surface area (Å²) in [4.78, 5) is 99.0. The van der Waals surface area contributed by atoms with Crippen LogP contribution in [0, 0.1) is 23.7 Å². The molecule has 434 valence electrons. The molecule has 2 aliphatic carbocycles. The van der Waals surface area contributed by atoms with Gasteiger partial charge in [0.1, 0.15) is 34.8 Å². The van der Waals surface area contributed by atoms with Gasteiger partial charge >= 0.3 is 0 Å². The summed E-state index contributed by atoms with van der Waals surface area (Å²) in [5, 5.41) is 53.6. The number of alkyl halides is 1. The molecule has 0 radical (unpaired) electrons. The Balaban J connectivity index is 0.824. The summed E-state index contributed by atoms with van der Waals surface area (Å²) < 4.78 is 31.8. The van der Waals surface area contributed by atoms with E-state index in [0.717, 1.165) is 33.3 Å². The fourth-order valence-corrected chi connectivity index (χ4v) is 10.1. The first-order valence-corrected chi connectivity index (χ1v) is 27.4. The molecule has 3 aromatic carbocycles. The van der Waals surface area contributed by atoms with Crippen molar-refractivity contribution in [1.82, 2.24) is 41.4 Å². The predicted molar refractivity (Wildman–Crippen MR) is 297 cm³/mol. The number of amides is 7. The van der Waals surface area contributed by atoms with E-state index in [0.29, 0.717) is 29.9 Å². The zero-order valence-corrected chi connectivity index (χ0v) is 46.9. The number of hydrogen-bond acceptors (Lipinski definition) is 16. The number of ether oxygens (including phenoxy) is 3. The summed E-state index contributed by atoms with van der Waals surface area (Å²) >= 11 is 1.43. The fraction of sp³-hybridized carbons (Fsp3) is 0.456. The van der Waals surface area contributed by atoms with Gasteiger partial charge in [0.2, 0.25) is 11.8 Å². The van der Waals surface area contributed by atoms with Gasteiger partial charge < -0.3 is 65.9 Å². The summed E-state index contributed by atoms with van der Waals surface area (Å²) in [5.74, 6) is -4.72. The maximum absolute atomic E-state index is 14.4. The number of likely N-dealkylation sites (tertiary alicyclic amines) is 1. The zero-order chi connectivity index (χ0) is 58.8. The molecule has 3 aliphatic rings. The number of aryl methyl sites for hydroxylation is 2. The number of benzene rings is 3. The Kier molecular flexibility index (Phi) is 19.9. The molecule has 9 N–H and O–H groups in total. The second-order valence-electron chi connectivity index (χ2n) is 21.5. The number of carbonyl (C=O) groups is 7. The Bertz CT molecular complexity index is 3060. The molecular formula is C57H70FN9O13S. The van der Waals surface area contributed by atoms with E-state index in [1.54, 1.807) is 29.8 Å². The summed E-state index contributed by atoms with van der Waals surface area (Å²) in [7, 11) is 3.06. The number of aliphatic hydroxyl groups is 2. The minimum absolute atomic E-state index is 0.0130. The number of phenolic OH excluding ortho intramolecular Hbond substituents is 1. The molecule has 0 bridgehead atoms. The van der Waals surface area contributed by atoms with Crippen LogP contribution in [-0.2, 0) is 46.5 Å². The van der Waals surface area contributed by atoms with Crippen molar-refractivity contribution in [3.05, 3.63) is 99.7 Å². The fourth-order valence-electron chi connectivity index (χ4n) is 9.29. The highest BCUT2D eigenvalue weighted by Crippen LogP contribution is 2.40. The van der Waals surface area contributed by atoms with Crippen LogP contribution < -0.4 is 36.1 Å². The number of β-amino-alcohol motifs (C(OH)–C–C–N with tert-alkyl or cyclic N) is 1. The number of aliphatic hydroxyl groups excluding tert-OH is 2. The van der Waals surface area contributed by atoms with Gasteiger partial charge in [0.05, 0.1) is 52.9 Å². The molecule has 2 fully saturated rings. The van der Waals surface area contributed by atoms with E-state index in [4.69, 9.17) is 19.6 Å². The highest BCUT2D eigenvalue weighted by molar-refractivity contribution is 7.13. The third-order valence-corrected chi connectivity index (χ3v) is 15.1. The Labute approximate surface area is 472 Å². The zero-order valence-electron chi connectivity index (χ0n) is 46.1. The Morgan fingerprint density at radius 1 is 0.951 bits per heavy atom. The van der Waals surface area contributed by atoms with Crippen LogP contribution in [-0.4, -0.2) is 162 Å². The number of nitrogens with zero attached hydrogens (tertiary/aromatic N) is 3. The molecule has 2 heterocycles. The van der Waals surface area contributed by atoms with Crippen LogP contribution in [0.1, 0.15) is 90.8 Å². The van der Waals surface area contributed by atoms with Crippen LogP contribution in [0.5, 0.6) is 17.2 Å². The van der Waals surface area contributed by atoms with Crippen molar-refractivity contribution in [3.8, 4) is 27.7 Å².